The predicted molar refractivity (Wildman–Crippen MR) is 117 cm³/mol. The molecule has 1 fully saturated rings. The van der Waals surface area contributed by atoms with Crippen LogP contribution < -0.4 is 5.32 Å². The van der Waals surface area contributed by atoms with Gasteiger partial charge >= 0.3 is 0 Å². The molecule has 0 radical (unpaired) electrons. The first-order chi connectivity index (χ1) is 14.3. The Hall–Kier alpha value is -2.11. The monoisotopic (exact) mass is 450 g/mol. The molecule has 2 aromatic carbocycles. The smallest absolute Gasteiger partial charge is 0.242 e. The minimum absolute atomic E-state index is 0.0450. The molecule has 1 saturated carbocycles. The lowest BCUT2D eigenvalue weighted by molar-refractivity contribution is -0.140. The molecule has 1 aliphatic rings. The molecule has 2 aromatic rings. The normalized spacial score (nSPS) is 15.1. The Morgan fingerprint density at radius 3 is 2.30 bits per heavy atom. The molecule has 0 aliphatic heterocycles. The quantitative estimate of drug-likeness (QED) is 0.633. The van der Waals surface area contributed by atoms with Gasteiger partial charge in [-0.25, -0.2) is 4.39 Å². The van der Waals surface area contributed by atoms with Crippen molar-refractivity contribution in [3.63, 3.8) is 0 Å². The molecule has 3 rings (SSSR count). The van der Waals surface area contributed by atoms with Gasteiger partial charge in [-0.1, -0.05) is 54.2 Å². The summed E-state index contributed by atoms with van der Waals surface area (Å²) < 4.78 is 13.2. The lowest BCUT2D eigenvalue weighted by Gasteiger charge is -2.30. The summed E-state index contributed by atoms with van der Waals surface area (Å²) >= 11 is 12.6. The summed E-state index contributed by atoms with van der Waals surface area (Å²) in [6.07, 6.45) is 4.16. The van der Waals surface area contributed by atoms with Gasteiger partial charge in [-0.3, -0.25) is 9.59 Å². The third-order valence-electron chi connectivity index (χ3n) is 5.53. The van der Waals surface area contributed by atoms with E-state index in [4.69, 9.17) is 23.2 Å². The van der Waals surface area contributed by atoms with E-state index in [0.717, 1.165) is 25.7 Å². The van der Waals surface area contributed by atoms with Crippen molar-refractivity contribution in [2.45, 2.75) is 57.7 Å². The molecule has 0 bridgehead atoms. The second-order valence-corrected chi connectivity index (χ2v) is 8.51. The fraction of sp³-hybridized carbons (Fsp3) is 0.391. The van der Waals surface area contributed by atoms with Crippen molar-refractivity contribution >= 4 is 35.0 Å². The van der Waals surface area contributed by atoms with Crippen LogP contribution in [-0.2, 0) is 22.6 Å². The molecule has 1 aliphatic carbocycles. The Morgan fingerprint density at radius 1 is 1.10 bits per heavy atom. The first kappa shape index (κ1) is 22.6. The molecule has 0 heterocycles. The number of hydrogen-bond donors (Lipinski definition) is 1. The Kier molecular flexibility index (Phi) is 7.73. The lowest BCUT2D eigenvalue weighted by atomic mass is 10.1. The third kappa shape index (κ3) is 5.73. The van der Waals surface area contributed by atoms with Crippen LogP contribution in [0.4, 0.5) is 4.39 Å². The van der Waals surface area contributed by atoms with Crippen LogP contribution in [0.15, 0.2) is 42.5 Å². The highest BCUT2D eigenvalue weighted by Gasteiger charge is 2.29. The highest BCUT2D eigenvalue weighted by Crippen LogP contribution is 2.27. The Morgan fingerprint density at radius 2 is 1.70 bits per heavy atom. The molecule has 160 valence electrons. The van der Waals surface area contributed by atoms with Gasteiger partial charge in [0.15, 0.2) is 0 Å². The minimum atomic E-state index is -0.703. The Bertz CT molecular complexity index is 878. The summed E-state index contributed by atoms with van der Waals surface area (Å²) in [5.74, 6) is -0.820. The van der Waals surface area contributed by atoms with Crippen LogP contribution in [0.25, 0.3) is 0 Å². The summed E-state index contributed by atoms with van der Waals surface area (Å²) in [6.45, 7) is 1.81. The molecule has 2 amide bonds. The van der Waals surface area contributed by atoms with Crippen LogP contribution in [0, 0.1) is 5.82 Å². The van der Waals surface area contributed by atoms with E-state index in [1.165, 1.54) is 17.0 Å². The number of halogens is 3. The number of nitrogens with one attached hydrogen (secondary N) is 1. The molecule has 1 atom stereocenters. The molecule has 0 saturated heterocycles. The van der Waals surface area contributed by atoms with Crippen molar-refractivity contribution in [1.29, 1.82) is 0 Å². The maximum Gasteiger partial charge on any atom is 0.242 e. The van der Waals surface area contributed by atoms with E-state index in [9.17, 15) is 14.0 Å². The fourth-order valence-corrected chi connectivity index (χ4v) is 4.22. The van der Waals surface area contributed by atoms with Crippen molar-refractivity contribution in [2.75, 3.05) is 0 Å². The Balaban J connectivity index is 1.81. The van der Waals surface area contributed by atoms with Crippen molar-refractivity contribution < 1.29 is 14.0 Å². The second kappa shape index (κ2) is 10.3. The van der Waals surface area contributed by atoms with Crippen LogP contribution in [-0.4, -0.2) is 28.8 Å². The van der Waals surface area contributed by atoms with Crippen molar-refractivity contribution in [2.24, 2.45) is 0 Å². The lowest BCUT2D eigenvalue weighted by Crippen LogP contribution is -2.50. The molecule has 30 heavy (non-hydrogen) atoms. The SMILES string of the molecule is CC(C(=O)NC1CCCC1)N(Cc1c(Cl)cccc1Cl)C(=O)Cc1ccc(F)cc1. The molecule has 1 unspecified atom stereocenters. The van der Waals surface area contributed by atoms with Gasteiger partial charge < -0.3 is 10.2 Å². The van der Waals surface area contributed by atoms with Gasteiger partial charge in [0, 0.05) is 28.2 Å². The van der Waals surface area contributed by atoms with Crippen molar-refractivity contribution in [3.05, 3.63) is 69.5 Å². The zero-order valence-corrected chi connectivity index (χ0v) is 18.3. The van der Waals surface area contributed by atoms with E-state index in [2.05, 4.69) is 5.32 Å². The first-order valence-electron chi connectivity index (χ1n) is 10.1. The average molecular weight is 451 g/mol. The summed E-state index contributed by atoms with van der Waals surface area (Å²) in [5.41, 5.74) is 1.26. The van der Waals surface area contributed by atoms with Gasteiger partial charge in [-0.2, -0.15) is 0 Å². The van der Waals surface area contributed by atoms with E-state index in [1.54, 1.807) is 37.3 Å². The number of carbonyl (C=O) groups is 2. The summed E-state index contributed by atoms with van der Waals surface area (Å²) in [6, 6.07) is 10.3. The number of nitrogens with zero attached hydrogens (tertiary/aromatic N) is 1. The number of hydrogen-bond acceptors (Lipinski definition) is 2. The molecular formula is C23H25Cl2FN2O2. The zero-order valence-electron chi connectivity index (χ0n) is 16.8. The van der Waals surface area contributed by atoms with Crippen LogP contribution in [0.3, 0.4) is 0 Å². The van der Waals surface area contributed by atoms with Gasteiger partial charge in [-0.05, 0) is 49.6 Å². The van der Waals surface area contributed by atoms with E-state index >= 15 is 0 Å². The summed E-state index contributed by atoms with van der Waals surface area (Å²) in [4.78, 5) is 27.5. The number of benzene rings is 2. The van der Waals surface area contributed by atoms with Gasteiger partial charge in [0.1, 0.15) is 11.9 Å². The molecule has 1 N–H and O–H groups in total. The Labute approximate surface area is 186 Å². The third-order valence-corrected chi connectivity index (χ3v) is 6.24. The minimum Gasteiger partial charge on any atom is -0.352 e. The van der Waals surface area contributed by atoms with Crippen LogP contribution in [0.2, 0.25) is 10.0 Å². The zero-order chi connectivity index (χ0) is 21.7. The largest absolute Gasteiger partial charge is 0.352 e. The predicted octanol–water partition coefficient (Wildman–Crippen LogP) is 5.15. The van der Waals surface area contributed by atoms with E-state index in [1.807, 2.05) is 0 Å². The van der Waals surface area contributed by atoms with Crippen molar-refractivity contribution in [3.8, 4) is 0 Å². The fourth-order valence-electron chi connectivity index (χ4n) is 3.71. The molecule has 4 nitrogen and oxygen atoms in total. The molecule has 7 heteroatoms. The van der Waals surface area contributed by atoms with E-state index < -0.39 is 6.04 Å². The topological polar surface area (TPSA) is 49.4 Å². The van der Waals surface area contributed by atoms with Gasteiger partial charge in [0.25, 0.3) is 0 Å². The summed E-state index contributed by atoms with van der Waals surface area (Å²) in [7, 11) is 0. The van der Waals surface area contributed by atoms with Gasteiger partial charge in [0.2, 0.25) is 11.8 Å². The van der Waals surface area contributed by atoms with Gasteiger partial charge in [-0.15, -0.1) is 0 Å². The molecular weight excluding hydrogens is 426 g/mol. The van der Waals surface area contributed by atoms with Gasteiger partial charge in [0.05, 0.1) is 6.42 Å². The maximum atomic E-state index is 13.2. The van der Waals surface area contributed by atoms with Crippen LogP contribution >= 0.6 is 23.2 Å². The number of rotatable bonds is 7. The van der Waals surface area contributed by atoms with Crippen LogP contribution in [0.1, 0.15) is 43.7 Å². The van der Waals surface area contributed by atoms with E-state index in [-0.39, 0.29) is 36.6 Å². The maximum absolute atomic E-state index is 13.2. The number of amides is 2. The second-order valence-electron chi connectivity index (χ2n) is 7.69. The highest BCUT2D eigenvalue weighted by atomic mass is 35.5. The highest BCUT2D eigenvalue weighted by molar-refractivity contribution is 6.36. The van der Waals surface area contributed by atoms with Crippen LogP contribution in [0.5, 0.6) is 0 Å². The van der Waals surface area contributed by atoms with Crippen molar-refractivity contribution in [1.82, 2.24) is 10.2 Å². The molecule has 0 aromatic heterocycles. The average Bonchev–Trinajstić information content (AvgIpc) is 3.22. The number of carbonyl (C=O) groups excluding carboxylic acids is 2. The first-order valence-corrected chi connectivity index (χ1v) is 10.9. The van der Waals surface area contributed by atoms with E-state index in [0.29, 0.717) is 21.2 Å². The summed E-state index contributed by atoms with van der Waals surface area (Å²) in [5, 5.41) is 3.92. The standard InChI is InChI=1S/C23H25Cl2FN2O2/c1-15(23(30)27-18-5-2-3-6-18)28(14-19-20(24)7-4-8-21(19)25)22(29)13-16-9-11-17(26)12-10-16/h4,7-12,15,18H,2-3,5-6,13-14H2,1H3,(H,27,30). The molecule has 0 spiro atoms.